The lowest BCUT2D eigenvalue weighted by Crippen LogP contribution is -2.10. The molecule has 1 amide bonds. The predicted octanol–water partition coefficient (Wildman–Crippen LogP) is 3.34. The van der Waals surface area contributed by atoms with Gasteiger partial charge in [-0.1, -0.05) is 17.7 Å². The van der Waals surface area contributed by atoms with Crippen LogP contribution in [-0.2, 0) is 4.79 Å². The van der Waals surface area contributed by atoms with Gasteiger partial charge in [-0.05, 0) is 31.9 Å². The van der Waals surface area contributed by atoms with E-state index in [0.29, 0.717) is 12.3 Å². The van der Waals surface area contributed by atoms with Gasteiger partial charge in [-0.15, -0.1) is 11.6 Å². The molecule has 15 heavy (non-hydrogen) atoms. The first kappa shape index (κ1) is 12.1. The lowest BCUT2D eigenvalue weighted by atomic mass is 10.2. The van der Waals surface area contributed by atoms with Crippen LogP contribution in [0.2, 0.25) is 0 Å². The molecule has 1 rings (SSSR count). The molecular weight excluding hydrogens is 210 g/mol. The Labute approximate surface area is 95.6 Å². The number of alkyl halides is 1. The SMILES string of the molecule is Cc1ccc(NC(=O)CCCCCl)cc1. The molecular formula is C12H16ClNO. The van der Waals surface area contributed by atoms with Crippen molar-refractivity contribution >= 4 is 23.2 Å². The molecule has 1 N–H and O–H groups in total. The van der Waals surface area contributed by atoms with Crippen molar-refractivity contribution in [2.75, 3.05) is 11.2 Å². The third-order valence-electron chi connectivity index (χ3n) is 2.12. The van der Waals surface area contributed by atoms with Gasteiger partial charge < -0.3 is 5.32 Å². The first-order valence-electron chi connectivity index (χ1n) is 5.15. The Balaban J connectivity index is 2.34. The van der Waals surface area contributed by atoms with Crippen molar-refractivity contribution in [3.63, 3.8) is 0 Å². The van der Waals surface area contributed by atoms with Gasteiger partial charge >= 0.3 is 0 Å². The van der Waals surface area contributed by atoms with E-state index in [0.717, 1.165) is 18.5 Å². The number of hydrogen-bond donors (Lipinski definition) is 1. The number of amides is 1. The zero-order valence-corrected chi connectivity index (χ0v) is 9.68. The lowest BCUT2D eigenvalue weighted by Gasteiger charge is -2.04. The molecule has 1 aromatic carbocycles. The maximum atomic E-state index is 11.4. The Morgan fingerprint density at radius 1 is 1.27 bits per heavy atom. The molecule has 0 bridgehead atoms. The number of nitrogens with one attached hydrogen (secondary N) is 1. The lowest BCUT2D eigenvalue weighted by molar-refractivity contribution is -0.116. The number of benzene rings is 1. The first-order valence-corrected chi connectivity index (χ1v) is 5.68. The fraction of sp³-hybridized carbons (Fsp3) is 0.417. The van der Waals surface area contributed by atoms with Crippen LogP contribution < -0.4 is 5.32 Å². The van der Waals surface area contributed by atoms with Crippen molar-refractivity contribution < 1.29 is 4.79 Å². The van der Waals surface area contributed by atoms with Crippen molar-refractivity contribution in [1.82, 2.24) is 0 Å². The van der Waals surface area contributed by atoms with Crippen molar-refractivity contribution in [3.05, 3.63) is 29.8 Å². The molecule has 0 radical (unpaired) electrons. The zero-order chi connectivity index (χ0) is 11.1. The fourth-order valence-corrected chi connectivity index (χ4v) is 1.43. The van der Waals surface area contributed by atoms with Crippen molar-refractivity contribution in [2.45, 2.75) is 26.2 Å². The molecule has 2 nitrogen and oxygen atoms in total. The highest BCUT2D eigenvalue weighted by Crippen LogP contribution is 2.09. The van der Waals surface area contributed by atoms with Gasteiger partial charge in [0.1, 0.15) is 0 Å². The van der Waals surface area contributed by atoms with Gasteiger partial charge in [0.05, 0.1) is 0 Å². The van der Waals surface area contributed by atoms with Crippen LogP contribution in [0.1, 0.15) is 24.8 Å². The summed E-state index contributed by atoms with van der Waals surface area (Å²) in [5.74, 6) is 0.682. The summed E-state index contributed by atoms with van der Waals surface area (Å²) in [6, 6.07) is 7.78. The summed E-state index contributed by atoms with van der Waals surface area (Å²) in [5, 5.41) is 2.85. The second-order valence-corrected chi connectivity index (χ2v) is 3.94. The van der Waals surface area contributed by atoms with Gasteiger partial charge in [-0.2, -0.15) is 0 Å². The van der Waals surface area contributed by atoms with Crippen molar-refractivity contribution in [1.29, 1.82) is 0 Å². The third-order valence-corrected chi connectivity index (χ3v) is 2.39. The number of unbranched alkanes of at least 4 members (excludes halogenated alkanes) is 1. The van der Waals surface area contributed by atoms with Gasteiger partial charge in [0.2, 0.25) is 5.91 Å². The van der Waals surface area contributed by atoms with Crippen LogP contribution in [0.3, 0.4) is 0 Å². The average Bonchev–Trinajstić information content (AvgIpc) is 2.22. The van der Waals surface area contributed by atoms with E-state index in [1.165, 1.54) is 5.56 Å². The predicted molar refractivity (Wildman–Crippen MR) is 64.4 cm³/mol. The normalized spacial score (nSPS) is 10.0. The summed E-state index contributed by atoms with van der Waals surface area (Å²) >= 11 is 5.53. The minimum absolute atomic E-state index is 0.0592. The number of carbonyl (C=O) groups excluding carboxylic acids is 1. The summed E-state index contributed by atoms with van der Waals surface area (Å²) < 4.78 is 0. The van der Waals surface area contributed by atoms with Crippen LogP contribution in [0.5, 0.6) is 0 Å². The molecule has 82 valence electrons. The molecule has 0 aromatic heterocycles. The summed E-state index contributed by atoms with van der Waals surface area (Å²) in [6.45, 7) is 2.02. The van der Waals surface area contributed by atoms with E-state index >= 15 is 0 Å². The summed E-state index contributed by atoms with van der Waals surface area (Å²) in [7, 11) is 0. The van der Waals surface area contributed by atoms with Gasteiger partial charge in [0.25, 0.3) is 0 Å². The Hall–Kier alpha value is -1.02. The van der Waals surface area contributed by atoms with E-state index in [4.69, 9.17) is 11.6 Å². The summed E-state index contributed by atoms with van der Waals surface area (Å²) in [4.78, 5) is 11.4. The zero-order valence-electron chi connectivity index (χ0n) is 8.92. The van der Waals surface area contributed by atoms with Crippen molar-refractivity contribution in [3.8, 4) is 0 Å². The standard InChI is InChI=1S/C12H16ClNO/c1-10-5-7-11(8-6-10)14-12(15)4-2-3-9-13/h5-8H,2-4,9H2,1H3,(H,14,15). The van der Waals surface area contributed by atoms with Crippen LogP contribution in [-0.4, -0.2) is 11.8 Å². The van der Waals surface area contributed by atoms with Crippen LogP contribution in [0, 0.1) is 6.92 Å². The molecule has 0 saturated heterocycles. The van der Waals surface area contributed by atoms with E-state index in [1.54, 1.807) is 0 Å². The van der Waals surface area contributed by atoms with E-state index in [1.807, 2.05) is 31.2 Å². The van der Waals surface area contributed by atoms with Gasteiger partial charge in [-0.3, -0.25) is 4.79 Å². The molecule has 0 atom stereocenters. The molecule has 0 aliphatic carbocycles. The first-order chi connectivity index (χ1) is 7.22. The highest BCUT2D eigenvalue weighted by Gasteiger charge is 2.01. The smallest absolute Gasteiger partial charge is 0.224 e. The third kappa shape index (κ3) is 4.84. The Morgan fingerprint density at radius 3 is 2.53 bits per heavy atom. The van der Waals surface area contributed by atoms with Gasteiger partial charge in [-0.25, -0.2) is 0 Å². The Kier molecular flexibility index (Phi) is 5.19. The molecule has 0 heterocycles. The molecule has 0 saturated carbocycles. The highest BCUT2D eigenvalue weighted by molar-refractivity contribution is 6.17. The largest absolute Gasteiger partial charge is 0.326 e. The van der Waals surface area contributed by atoms with Crippen molar-refractivity contribution in [2.24, 2.45) is 0 Å². The molecule has 0 unspecified atom stereocenters. The number of carbonyl (C=O) groups is 1. The number of aryl methyl sites for hydroxylation is 1. The van der Waals surface area contributed by atoms with Crippen LogP contribution in [0.4, 0.5) is 5.69 Å². The number of anilines is 1. The molecule has 0 aliphatic heterocycles. The maximum Gasteiger partial charge on any atom is 0.224 e. The topological polar surface area (TPSA) is 29.1 Å². The number of halogens is 1. The Bertz CT molecular complexity index is 308. The maximum absolute atomic E-state index is 11.4. The molecule has 0 aliphatic rings. The monoisotopic (exact) mass is 225 g/mol. The molecule has 1 aromatic rings. The highest BCUT2D eigenvalue weighted by atomic mass is 35.5. The van der Waals surface area contributed by atoms with Gasteiger partial charge in [0, 0.05) is 18.0 Å². The minimum Gasteiger partial charge on any atom is -0.326 e. The van der Waals surface area contributed by atoms with E-state index in [-0.39, 0.29) is 5.91 Å². The van der Waals surface area contributed by atoms with Gasteiger partial charge in [0.15, 0.2) is 0 Å². The minimum atomic E-state index is 0.0592. The summed E-state index contributed by atoms with van der Waals surface area (Å²) in [5.41, 5.74) is 2.05. The fourth-order valence-electron chi connectivity index (χ4n) is 1.24. The quantitative estimate of drug-likeness (QED) is 0.605. The molecule has 3 heteroatoms. The molecule has 0 fully saturated rings. The second-order valence-electron chi connectivity index (χ2n) is 3.56. The van der Waals surface area contributed by atoms with Crippen LogP contribution in [0.25, 0.3) is 0 Å². The second kappa shape index (κ2) is 6.46. The van der Waals surface area contributed by atoms with E-state index in [2.05, 4.69) is 5.32 Å². The van der Waals surface area contributed by atoms with E-state index in [9.17, 15) is 4.79 Å². The average molecular weight is 226 g/mol. The van der Waals surface area contributed by atoms with Crippen LogP contribution in [0.15, 0.2) is 24.3 Å². The number of hydrogen-bond acceptors (Lipinski definition) is 1. The number of rotatable bonds is 5. The van der Waals surface area contributed by atoms with Crippen LogP contribution >= 0.6 is 11.6 Å². The molecule has 0 spiro atoms. The summed E-state index contributed by atoms with van der Waals surface area (Å²) in [6.07, 6.45) is 2.28. The Morgan fingerprint density at radius 2 is 1.93 bits per heavy atom. The van der Waals surface area contributed by atoms with E-state index < -0.39 is 0 Å².